The van der Waals surface area contributed by atoms with Crippen LogP contribution >= 0.6 is 11.8 Å². The van der Waals surface area contributed by atoms with Crippen LogP contribution in [0.1, 0.15) is 45.1 Å². The Hall–Kier alpha value is -2.12. The highest BCUT2D eigenvalue weighted by Gasteiger charge is 2.38. The number of nitrogens with one attached hydrogen (secondary N) is 1. The molecule has 1 aliphatic heterocycles. The van der Waals surface area contributed by atoms with Gasteiger partial charge < -0.3 is 15.4 Å². The van der Waals surface area contributed by atoms with E-state index in [0.29, 0.717) is 6.04 Å². The number of hydrogen-bond donors (Lipinski definition) is 3. The summed E-state index contributed by atoms with van der Waals surface area (Å²) in [5.74, 6) is -1.66. The first-order valence-electron chi connectivity index (χ1n) is 10.2. The summed E-state index contributed by atoms with van der Waals surface area (Å²) in [5.41, 5.74) is 4.57. The number of nitrogens with zero attached hydrogens (tertiary/aromatic N) is 3. The van der Waals surface area contributed by atoms with Crippen molar-refractivity contribution in [3.63, 3.8) is 0 Å². The smallest absolute Gasteiger partial charge is 0.330 e. The zero-order chi connectivity index (χ0) is 22.8. The third kappa shape index (κ3) is 5.39. The molecular weight excluding hydrogens is 446 g/mol. The maximum Gasteiger partial charge on any atom is 0.330 e. The molecule has 0 bridgehead atoms. The van der Waals surface area contributed by atoms with Crippen molar-refractivity contribution >= 4 is 38.7 Å². The van der Waals surface area contributed by atoms with Crippen LogP contribution < -0.4 is 17.0 Å². The van der Waals surface area contributed by atoms with Crippen molar-refractivity contribution in [2.75, 3.05) is 17.3 Å². The number of sulfone groups is 1. The highest BCUT2D eigenvalue weighted by molar-refractivity contribution is 7.99. The van der Waals surface area contributed by atoms with Gasteiger partial charge in [0.25, 0.3) is 5.56 Å². The molecule has 11 nitrogen and oxygen atoms in total. The quantitative estimate of drug-likeness (QED) is 0.518. The van der Waals surface area contributed by atoms with Gasteiger partial charge in [0.15, 0.2) is 26.2 Å². The monoisotopic (exact) mass is 473 g/mol. The van der Waals surface area contributed by atoms with E-state index in [1.54, 1.807) is 6.92 Å². The summed E-state index contributed by atoms with van der Waals surface area (Å²) in [6.45, 7) is 1.78. The molecule has 2 aliphatic rings. The van der Waals surface area contributed by atoms with Crippen LogP contribution in [-0.2, 0) is 21.2 Å². The molecule has 0 aromatic carbocycles. The second kappa shape index (κ2) is 9.57. The Bertz CT molecular complexity index is 1160. The number of rotatable bonds is 5. The minimum absolute atomic E-state index is 0.0342. The van der Waals surface area contributed by atoms with Gasteiger partial charge in [0, 0.05) is 12.6 Å². The van der Waals surface area contributed by atoms with Gasteiger partial charge in [-0.25, -0.2) is 18.2 Å². The number of aliphatic carboxylic acids is 1. The van der Waals surface area contributed by atoms with Gasteiger partial charge in [0.2, 0.25) is 0 Å². The van der Waals surface area contributed by atoms with E-state index in [4.69, 9.17) is 10.8 Å². The van der Waals surface area contributed by atoms with Crippen molar-refractivity contribution in [3.05, 3.63) is 20.8 Å². The predicted molar refractivity (Wildman–Crippen MR) is 117 cm³/mol. The molecule has 31 heavy (non-hydrogen) atoms. The lowest BCUT2D eigenvalue weighted by atomic mass is 9.97. The van der Waals surface area contributed by atoms with Crippen molar-refractivity contribution in [2.45, 2.75) is 62.8 Å². The number of aromatic nitrogens is 4. The fraction of sp³-hybridized carbons (Fsp3) is 0.667. The number of aromatic amines is 1. The van der Waals surface area contributed by atoms with Crippen LogP contribution in [0, 0.1) is 0 Å². The fourth-order valence-electron chi connectivity index (χ4n) is 3.77. The van der Waals surface area contributed by atoms with Crippen LogP contribution in [0.15, 0.2) is 14.7 Å². The van der Waals surface area contributed by atoms with Crippen LogP contribution in [0.2, 0.25) is 0 Å². The van der Waals surface area contributed by atoms with Crippen LogP contribution in [0.4, 0.5) is 0 Å². The normalized spacial score (nSPS) is 18.9. The van der Waals surface area contributed by atoms with E-state index in [1.165, 1.54) is 36.7 Å². The number of carboxylic acid groups (broad SMARTS) is 1. The van der Waals surface area contributed by atoms with Crippen molar-refractivity contribution in [3.8, 4) is 0 Å². The second-order valence-electron chi connectivity index (χ2n) is 7.75. The van der Waals surface area contributed by atoms with E-state index in [0.717, 1.165) is 16.3 Å². The summed E-state index contributed by atoms with van der Waals surface area (Å²) in [6, 6.07) is 0.0361. The second-order valence-corrected chi connectivity index (χ2v) is 10.8. The van der Waals surface area contributed by atoms with E-state index in [2.05, 4.69) is 9.97 Å². The first-order valence-corrected chi connectivity index (χ1v) is 13.0. The average molecular weight is 474 g/mol. The highest BCUT2D eigenvalue weighted by Crippen LogP contribution is 2.31. The molecule has 0 unspecified atom stereocenters. The highest BCUT2D eigenvalue weighted by atomic mass is 32.2. The molecule has 0 radical (unpaired) electrons. The summed E-state index contributed by atoms with van der Waals surface area (Å²) in [4.78, 5) is 41.9. The van der Waals surface area contributed by atoms with Crippen LogP contribution in [0.25, 0.3) is 11.2 Å². The Morgan fingerprint density at radius 2 is 1.90 bits per heavy atom. The first-order chi connectivity index (χ1) is 14.6. The SMILES string of the molecule is CCn1c(=O)[nH]c2nc(SCC(=O)O)n(C3CS(=O)(=O)C3)c2c1=O.NC1CCCCC1. The molecule has 3 heterocycles. The zero-order valence-corrected chi connectivity index (χ0v) is 18.9. The Morgan fingerprint density at radius 1 is 1.26 bits per heavy atom. The lowest BCUT2D eigenvalue weighted by molar-refractivity contribution is -0.133. The lowest BCUT2D eigenvalue weighted by Gasteiger charge is -2.28. The topological polar surface area (TPSA) is 170 Å². The molecule has 0 spiro atoms. The van der Waals surface area contributed by atoms with E-state index < -0.39 is 33.1 Å². The molecule has 0 amide bonds. The summed E-state index contributed by atoms with van der Waals surface area (Å²) in [5, 5.41) is 9.04. The fourth-order valence-corrected chi connectivity index (χ4v) is 5.93. The predicted octanol–water partition coefficient (Wildman–Crippen LogP) is 0.330. The number of carboxylic acids is 1. The summed E-state index contributed by atoms with van der Waals surface area (Å²) >= 11 is 0.874. The number of thioether (sulfide) groups is 1. The van der Waals surface area contributed by atoms with Crippen LogP contribution in [0.3, 0.4) is 0 Å². The largest absolute Gasteiger partial charge is 0.481 e. The number of fused-ring (bicyclic) bond motifs is 1. The van der Waals surface area contributed by atoms with Gasteiger partial charge in [0.05, 0.1) is 23.3 Å². The van der Waals surface area contributed by atoms with Gasteiger partial charge in [-0.2, -0.15) is 0 Å². The third-order valence-corrected chi connectivity index (χ3v) is 8.07. The summed E-state index contributed by atoms with van der Waals surface area (Å²) in [6.07, 6.45) is 6.66. The van der Waals surface area contributed by atoms with Crippen LogP contribution in [0.5, 0.6) is 0 Å². The van der Waals surface area contributed by atoms with E-state index in [-0.39, 0.29) is 40.1 Å². The zero-order valence-electron chi connectivity index (χ0n) is 17.2. The standard InChI is InChI=1S/C12H14N4O6S2.C6H13N/c1-2-15-10(19)8-9(13-11(15)20)14-12(23-3-7(17)18)16(8)6-4-24(21,22)5-6;7-6-4-2-1-3-5-6/h6H,2-5H2,1H3,(H,13,20)(H,17,18);6H,1-5,7H2. The third-order valence-electron chi connectivity index (χ3n) is 5.35. The number of imidazole rings is 1. The maximum absolute atomic E-state index is 12.6. The molecule has 1 saturated heterocycles. The number of H-pyrrole nitrogens is 1. The van der Waals surface area contributed by atoms with Crippen LogP contribution in [-0.4, -0.2) is 61.9 Å². The van der Waals surface area contributed by atoms with Crippen molar-refractivity contribution in [2.24, 2.45) is 5.73 Å². The van der Waals surface area contributed by atoms with Crippen molar-refractivity contribution in [1.82, 2.24) is 19.1 Å². The summed E-state index contributed by atoms with van der Waals surface area (Å²) in [7, 11) is -3.17. The first kappa shape index (κ1) is 23.5. The van der Waals surface area contributed by atoms with Gasteiger partial charge in [-0.05, 0) is 19.8 Å². The Morgan fingerprint density at radius 3 is 2.39 bits per heavy atom. The van der Waals surface area contributed by atoms with Gasteiger partial charge >= 0.3 is 11.7 Å². The van der Waals surface area contributed by atoms with Gasteiger partial charge in [-0.3, -0.25) is 19.1 Å². The Labute approximate surface area is 183 Å². The van der Waals surface area contributed by atoms with Gasteiger partial charge in [-0.1, -0.05) is 31.0 Å². The molecule has 13 heteroatoms. The molecule has 1 aliphatic carbocycles. The molecule has 2 aromatic heterocycles. The average Bonchev–Trinajstić information content (AvgIpc) is 3.04. The summed E-state index contributed by atoms with van der Waals surface area (Å²) < 4.78 is 25.4. The lowest BCUT2D eigenvalue weighted by Crippen LogP contribution is -2.41. The minimum atomic E-state index is -3.17. The molecular formula is C18H27N5O6S2. The molecule has 1 saturated carbocycles. The van der Waals surface area contributed by atoms with E-state index in [1.807, 2.05) is 0 Å². The maximum atomic E-state index is 12.6. The minimum Gasteiger partial charge on any atom is -0.481 e. The van der Waals surface area contributed by atoms with Gasteiger partial charge in [-0.15, -0.1) is 0 Å². The van der Waals surface area contributed by atoms with E-state index in [9.17, 15) is 22.8 Å². The molecule has 2 aromatic rings. The molecule has 2 fully saturated rings. The number of nitrogens with two attached hydrogens (primary N) is 1. The van der Waals surface area contributed by atoms with E-state index >= 15 is 0 Å². The number of carbonyl (C=O) groups is 1. The Kier molecular flexibility index (Phi) is 7.27. The number of hydrogen-bond acceptors (Lipinski definition) is 8. The molecule has 4 rings (SSSR count). The molecule has 4 N–H and O–H groups in total. The van der Waals surface area contributed by atoms with Crippen molar-refractivity contribution in [1.29, 1.82) is 0 Å². The Balaban J connectivity index is 0.000000330. The molecule has 172 valence electrons. The van der Waals surface area contributed by atoms with Gasteiger partial charge in [0.1, 0.15) is 0 Å². The van der Waals surface area contributed by atoms with Crippen molar-refractivity contribution < 1.29 is 18.3 Å². The molecule has 0 atom stereocenters.